The van der Waals surface area contributed by atoms with Crippen LogP contribution in [0, 0.1) is 5.82 Å². The highest BCUT2D eigenvalue weighted by Gasteiger charge is 2.21. The van der Waals surface area contributed by atoms with Crippen molar-refractivity contribution in [1.82, 2.24) is 20.2 Å². The molecule has 0 radical (unpaired) electrons. The first-order chi connectivity index (χ1) is 13.5. The van der Waals surface area contributed by atoms with E-state index in [-0.39, 0.29) is 10.7 Å². The van der Waals surface area contributed by atoms with Crippen LogP contribution in [0.1, 0.15) is 0 Å². The predicted molar refractivity (Wildman–Crippen MR) is 112 cm³/mol. The molecular formula is C19H10BrClFN5O. The van der Waals surface area contributed by atoms with Crippen LogP contribution in [0.4, 0.5) is 10.1 Å². The number of halogens is 3. The molecule has 0 atom stereocenters. The zero-order valence-electron chi connectivity index (χ0n) is 14.0. The molecule has 138 valence electrons. The van der Waals surface area contributed by atoms with E-state index < -0.39 is 11.4 Å². The minimum atomic E-state index is -0.636. The Morgan fingerprint density at radius 3 is 2.82 bits per heavy atom. The number of aromatic amines is 2. The maximum Gasteiger partial charge on any atom is 0.272 e. The number of aromatic nitrogens is 4. The van der Waals surface area contributed by atoms with Crippen LogP contribution >= 0.6 is 27.5 Å². The zero-order chi connectivity index (χ0) is 19.6. The maximum absolute atomic E-state index is 14.5. The Balaban J connectivity index is 2.04. The van der Waals surface area contributed by atoms with Gasteiger partial charge in [0.25, 0.3) is 5.56 Å². The summed E-state index contributed by atoms with van der Waals surface area (Å²) in [5.41, 5.74) is 8.10. The molecule has 3 aromatic heterocycles. The minimum absolute atomic E-state index is 0.0214. The summed E-state index contributed by atoms with van der Waals surface area (Å²) in [6, 6.07) is 6.71. The molecule has 4 N–H and O–H groups in total. The Morgan fingerprint density at radius 1 is 1.18 bits per heavy atom. The highest BCUT2D eigenvalue weighted by molar-refractivity contribution is 9.10. The number of hydrogen-bond acceptors (Lipinski definition) is 4. The van der Waals surface area contributed by atoms with Crippen molar-refractivity contribution in [3.05, 3.63) is 62.3 Å². The highest BCUT2D eigenvalue weighted by atomic mass is 79.9. The molecule has 0 aliphatic rings. The molecular weight excluding hydrogens is 449 g/mol. The molecule has 0 aliphatic heterocycles. The largest absolute Gasteiger partial charge is 0.394 e. The second kappa shape index (κ2) is 6.02. The van der Waals surface area contributed by atoms with E-state index in [1.165, 1.54) is 12.3 Å². The first-order valence-electron chi connectivity index (χ1n) is 8.17. The lowest BCUT2D eigenvalue weighted by atomic mass is 9.95. The fourth-order valence-corrected chi connectivity index (χ4v) is 4.27. The number of pyridine rings is 2. The van der Waals surface area contributed by atoms with Gasteiger partial charge in [-0.05, 0) is 45.8 Å². The highest BCUT2D eigenvalue weighted by Crippen LogP contribution is 2.41. The van der Waals surface area contributed by atoms with E-state index in [1.54, 1.807) is 12.3 Å². The van der Waals surface area contributed by atoms with Gasteiger partial charge in [0.1, 0.15) is 16.5 Å². The average Bonchev–Trinajstić information content (AvgIpc) is 3.18. The molecule has 0 fully saturated rings. The molecule has 0 bridgehead atoms. The molecule has 0 saturated carbocycles. The van der Waals surface area contributed by atoms with Crippen LogP contribution in [-0.2, 0) is 0 Å². The summed E-state index contributed by atoms with van der Waals surface area (Å²) in [4.78, 5) is 19.8. The molecule has 2 aromatic carbocycles. The molecule has 6 nitrogen and oxygen atoms in total. The van der Waals surface area contributed by atoms with Gasteiger partial charge in [-0.3, -0.25) is 14.9 Å². The third kappa shape index (κ3) is 2.28. The Bertz CT molecular complexity index is 1490. The minimum Gasteiger partial charge on any atom is -0.394 e. The van der Waals surface area contributed by atoms with Crippen LogP contribution in [0.15, 0.2) is 45.9 Å². The number of H-pyrrole nitrogens is 2. The van der Waals surface area contributed by atoms with Crippen molar-refractivity contribution < 1.29 is 4.39 Å². The Hall–Kier alpha value is -2.97. The normalized spacial score (nSPS) is 11.7. The SMILES string of the molecule is Nc1c(-c2cc(F)c(Cl)c3[nH]ncc23)c2cc(Br)c3ncccc3c2[nH]c1=O. The molecule has 3 heterocycles. The van der Waals surface area contributed by atoms with Crippen molar-refractivity contribution in [3.63, 3.8) is 0 Å². The van der Waals surface area contributed by atoms with E-state index in [4.69, 9.17) is 17.3 Å². The van der Waals surface area contributed by atoms with Crippen LogP contribution in [0.5, 0.6) is 0 Å². The Morgan fingerprint density at radius 2 is 2.00 bits per heavy atom. The van der Waals surface area contributed by atoms with Crippen LogP contribution in [0.25, 0.3) is 43.8 Å². The number of anilines is 1. The van der Waals surface area contributed by atoms with E-state index in [0.717, 1.165) is 9.86 Å². The lowest BCUT2D eigenvalue weighted by Crippen LogP contribution is -2.14. The third-order valence-electron chi connectivity index (χ3n) is 4.76. The van der Waals surface area contributed by atoms with Gasteiger partial charge in [0, 0.05) is 32.4 Å². The fourth-order valence-electron chi connectivity index (χ4n) is 3.52. The number of nitrogens with one attached hydrogen (secondary N) is 2. The van der Waals surface area contributed by atoms with Gasteiger partial charge in [-0.15, -0.1) is 0 Å². The molecule has 0 aliphatic carbocycles. The van der Waals surface area contributed by atoms with E-state index in [0.29, 0.717) is 38.4 Å². The lowest BCUT2D eigenvalue weighted by molar-refractivity contribution is 0.630. The monoisotopic (exact) mass is 457 g/mol. The second-order valence-electron chi connectivity index (χ2n) is 6.30. The first kappa shape index (κ1) is 17.2. The molecule has 5 rings (SSSR count). The summed E-state index contributed by atoms with van der Waals surface area (Å²) in [6.45, 7) is 0. The van der Waals surface area contributed by atoms with E-state index in [9.17, 15) is 9.18 Å². The summed E-state index contributed by atoms with van der Waals surface area (Å²) >= 11 is 9.59. The number of benzene rings is 2. The summed E-state index contributed by atoms with van der Waals surface area (Å²) in [5.74, 6) is -0.636. The third-order valence-corrected chi connectivity index (χ3v) is 5.74. The van der Waals surface area contributed by atoms with Crippen LogP contribution < -0.4 is 11.3 Å². The van der Waals surface area contributed by atoms with Crippen molar-refractivity contribution in [2.45, 2.75) is 0 Å². The summed E-state index contributed by atoms with van der Waals surface area (Å²) in [5, 5.41) is 8.54. The number of rotatable bonds is 1. The van der Waals surface area contributed by atoms with Crippen molar-refractivity contribution in [3.8, 4) is 11.1 Å². The lowest BCUT2D eigenvalue weighted by Gasteiger charge is -2.14. The van der Waals surface area contributed by atoms with Gasteiger partial charge in [-0.25, -0.2) is 4.39 Å². The van der Waals surface area contributed by atoms with E-state index in [1.807, 2.05) is 12.1 Å². The van der Waals surface area contributed by atoms with Crippen molar-refractivity contribution in [1.29, 1.82) is 0 Å². The van der Waals surface area contributed by atoms with Gasteiger partial charge in [-0.2, -0.15) is 5.10 Å². The number of nitrogen functional groups attached to an aromatic ring is 1. The average molecular weight is 459 g/mol. The van der Waals surface area contributed by atoms with E-state index in [2.05, 4.69) is 36.1 Å². The quantitative estimate of drug-likeness (QED) is 0.315. The summed E-state index contributed by atoms with van der Waals surface area (Å²) in [6.07, 6.45) is 3.19. The summed E-state index contributed by atoms with van der Waals surface area (Å²) in [7, 11) is 0. The van der Waals surface area contributed by atoms with E-state index >= 15 is 0 Å². The number of nitrogens with zero attached hydrogens (tertiary/aromatic N) is 2. The van der Waals surface area contributed by atoms with Gasteiger partial charge in [0.15, 0.2) is 0 Å². The second-order valence-corrected chi connectivity index (χ2v) is 7.53. The maximum atomic E-state index is 14.5. The Kier molecular flexibility index (Phi) is 3.68. The number of hydrogen-bond donors (Lipinski definition) is 3. The molecule has 0 spiro atoms. The fraction of sp³-hybridized carbons (Fsp3) is 0. The molecule has 28 heavy (non-hydrogen) atoms. The van der Waals surface area contributed by atoms with Gasteiger partial charge in [0.2, 0.25) is 0 Å². The van der Waals surface area contributed by atoms with Crippen LogP contribution in [-0.4, -0.2) is 20.2 Å². The topological polar surface area (TPSA) is 100 Å². The van der Waals surface area contributed by atoms with Crippen LogP contribution in [0.2, 0.25) is 5.02 Å². The standard InChI is InChI=1S/C19H10BrClFN5O/c20-11-4-9-13(8-5-12(22)14(21)18-10(8)6-25-27-18)15(23)19(28)26-16(9)7-2-1-3-24-17(7)11/h1-6H,23H2,(H,25,27)(H,26,28). The van der Waals surface area contributed by atoms with Gasteiger partial charge in [0.05, 0.1) is 22.7 Å². The van der Waals surface area contributed by atoms with Crippen LogP contribution in [0.3, 0.4) is 0 Å². The van der Waals surface area contributed by atoms with Crippen molar-refractivity contribution in [2.75, 3.05) is 5.73 Å². The number of nitrogens with two attached hydrogens (primary N) is 1. The molecule has 0 amide bonds. The smallest absolute Gasteiger partial charge is 0.272 e. The van der Waals surface area contributed by atoms with Gasteiger partial charge < -0.3 is 10.7 Å². The number of fused-ring (bicyclic) bond motifs is 4. The van der Waals surface area contributed by atoms with Gasteiger partial charge in [-0.1, -0.05) is 11.6 Å². The van der Waals surface area contributed by atoms with Gasteiger partial charge >= 0.3 is 0 Å². The van der Waals surface area contributed by atoms with Crippen molar-refractivity contribution in [2.24, 2.45) is 0 Å². The predicted octanol–water partition coefficient (Wildman–Crippen LogP) is 4.76. The molecule has 5 aromatic rings. The first-order valence-corrected chi connectivity index (χ1v) is 9.34. The Labute approximate surface area is 169 Å². The summed E-state index contributed by atoms with van der Waals surface area (Å²) < 4.78 is 15.2. The molecule has 9 heteroatoms. The van der Waals surface area contributed by atoms with Crippen molar-refractivity contribution >= 4 is 65.9 Å². The molecule has 0 unspecified atom stereocenters. The zero-order valence-corrected chi connectivity index (χ0v) is 16.3. The molecule has 0 saturated heterocycles.